The molecule has 2 N–H and O–H groups in total. The zero-order valence-electron chi connectivity index (χ0n) is 10.7. The van der Waals surface area contributed by atoms with Crippen LogP contribution in [0.15, 0.2) is 0 Å². The van der Waals surface area contributed by atoms with Crippen molar-refractivity contribution in [3.05, 3.63) is 11.4 Å². The van der Waals surface area contributed by atoms with Gasteiger partial charge < -0.3 is 10.6 Å². The third-order valence-electron chi connectivity index (χ3n) is 2.57. The second kappa shape index (κ2) is 6.30. The highest BCUT2D eigenvalue weighted by molar-refractivity contribution is 5.56. The van der Waals surface area contributed by atoms with Crippen molar-refractivity contribution in [2.75, 3.05) is 24.2 Å². The van der Waals surface area contributed by atoms with E-state index in [1.165, 1.54) is 19.3 Å². The summed E-state index contributed by atoms with van der Waals surface area (Å²) in [5.74, 6) is 2.66. The van der Waals surface area contributed by atoms with Gasteiger partial charge in [0.1, 0.15) is 17.5 Å². The molecule has 0 radical (unpaired) electrons. The van der Waals surface area contributed by atoms with Crippen LogP contribution in [0.25, 0.3) is 0 Å². The maximum Gasteiger partial charge on any atom is 0.134 e. The number of rotatable bonds is 6. The molecular weight excluding hydrogens is 200 g/mol. The highest BCUT2D eigenvalue weighted by Crippen LogP contribution is 2.19. The van der Waals surface area contributed by atoms with Crippen LogP contribution in [0.2, 0.25) is 0 Å². The Morgan fingerprint density at radius 3 is 2.38 bits per heavy atom. The smallest absolute Gasteiger partial charge is 0.134 e. The summed E-state index contributed by atoms with van der Waals surface area (Å²) in [5, 5.41) is 6.46. The van der Waals surface area contributed by atoms with Crippen LogP contribution in [0.4, 0.5) is 11.6 Å². The van der Waals surface area contributed by atoms with E-state index in [-0.39, 0.29) is 0 Å². The van der Waals surface area contributed by atoms with E-state index >= 15 is 0 Å². The van der Waals surface area contributed by atoms with E-state index in [1.54, 1.807) is 0 Å². The normalized spacial score (nSPS) is 10.2. The zero-order valence-corrected chi connectivity index (χ0v) is 10.7. The van der Waals surface area contributed by atoms with E-state index in [0.717, 1.165) is 29.6 Å². The Bertz CT molecular complexity index is 336. The molecule has 1 rings (SSSR count). The summed E-state index contributed by atoms with van der Waals surface area (Å²) >= 11 is 0. The van der Waals surface area contributed by atoms with E-state index in [9.17, 15) is 0 Å². The summed E-state index contributed by atoms with van der Waals surface area (Å²) in [6.07, 6.45) is 3.69. The van der Waals surface area contributed by atoms with Crippen LogP contribution in [0.1, 0.15) is 37.6 Å². The number of hydrogen-bond donors (Lipinski definition) is 2. The third-order valence-corrected chi connectivity index (χ3v) is 2.57. The van der Waals surface area contributed by atoms with Crippen LogP contribution in [-0.4, -0.2) is 23.6 Å². The Hall–Kier alpha value is -1.32. The molecule has 0 aliphatic rings. The van der Waals surface area contributed by atoms with Gasteiger partial charge in [-0.25, -0.2) is 9.97 Å². The lowest BCUT2D eigenvalue weighted by Crippen LogP contribution is -2.09. The molecule has 1 aromatic rings. The number of unbranched alkanes of at least 4 members (excludes halogenated alkanes) is 2. The maximum absolute atomic E-state index is 4.42. The van der Waals surface area contributed by atoms with Crippen molar-refractivity contribution in [1.82, 2.24) is 9.97 Å². The number of aromatic nitrogens is 2. The Kier molecular flexibility index (Phi) is 5.02. The molecule has 0 aliphatic carbocycles. The second-order valence-corrected chi connectivity index (χ2v) is 3.98. The predicted molar refractivity (Wildman–Crippen MR) is 69.1 cm³/mol. The van der Waals surface area contributed by atoms with Crippen molar-refractivity contribution >= 4 is 11.6 Å². The lowest BCUT2D eigenvalue weighted by molar-refractivity contribution is 0.741. The van der Waals surface area contributed by atoms with Crippen molar-refractivity contribution in [2.45, 2.75) is 40.0 Å². The van der Waals surface area contributed by atoms with E-state index in [1.807, 2.05) is 20.9 Å². The molecule has 0 saturated heterocycles. The minimum absolute atomic E-state index is 0.799. The van der Waals surface area contributed by atoms with Crippen molar-refractivity contribution in [3.63, 3.8) is 0 Å². The first-order valence-electron chi connectivity index (χ1n) is 5.96. The predicted octanol–water partition coefficient (Wildman–Crippen LogP) is 2.74. The highest BCUT2D eigenvalue weighted by Gasteiger charge is 2.06. The Labute approximate surface area is 97.9 Å². The molecule has 0 atom stereocenters. The van der Waals surface area contributed by atoms with Gasteiger partial charge in [0.15, 0.2) is 0 Å². The summed E-state index contributed by atoms with van der Waals surface area (Å²) in [5.41, 5.74) is 1.09. The molecule has 0 aromatic carbocycles. The molecule has 4 nitrogen and oxygen atoms in total. The van der Waals surface area contributed by atoms with Gasteiger partial charge in [0.25, 0.3) is 0 Å². The number of hydrogen-bond acceptors (Lipinski definition) is 4. The van der Waals surface area contributed by atoms with Crippen LogP contribution < -0.4 is 10.6 Å². The largest absolute Gasteiger partial charge is 0.373 e. The van der Waals surface area contributed by atoms with Crippen LogP contribution in [0.5, 0.6) is 0 Å². The monoisotopic (exact) mass is 222 g/mol. The number of aryl methyl sites for hydroxylation is 1. The fourth-order valence-corrected chi connectivity index (χ4v) is 1.63. The fraction of sp³-hybridized carbons (Fsp3) is 0.667. The Morgan fingerprint density at radius 1 is 1.06 bits per heavy atom. The summed E-state index contributed by atoms with van der Waals surface area (Å²) in [4.78, 5) is 8.75. The summed E-state index contributed by atoms with van der Waals surface area (Å²) in [6, 6.07) is 0. The number of nitrogens with one attached hydrogen (secondary N) is 2. The van der Waals surface area contributed by atoms with Crippen LogP contribution in [0.3, 0.4) is 0 Å². The third kappa shape index (κ3) is 3.36. The van der Waals surface area contributed by atoms with E-state index in [2.05, 4.69) is 27.5 Å². The molecule has 0 bridgehead atoms. The summed E-state index contributed by atoms with van der Waals surface area (Å²) < 4.78 is 0. The van der Waals surface area contributed by atoms with Gasteiger partial charge in [0.2, 0.25) is 0 Å². The molecule has 0 amide bonds. The average Bonchev–Trinajstić information content (AvgIpc) is 2.28. The number of anilines is 2. The minimum atomic E-state index is 0.799. The molecular formula is C12H22N4. The Balaban J connectivity index is 2.67. The first-order valence-corrected chi connectivity index (χ1v) is 5.96. The molecule has 16 heavy (non-hydrogen) atoms. The molecule has 0 spiro atoms. The van der Waals surface area contributed by atoms with Gasteiger partial charge in [0, 0.05) is 19.2 Å². The fourth-order valence-electron chi connectivity index (χ4n) is 1.63. The molecule has 4 heteroatoms. The van der Waals surface area contributed by atoms with Crippen molar-refractivity contribution in [2.24, 2.45) is 0 Å². The van der Waals surface area contributed by atoms with Crippen molar-refractivity contribution in [1.29, 1.82) is 0 Å². The van der Waals surface area contributed by atoms with E-state index in [0.29, 0.717) is 0 Å². The molecule has 90 valence electrons. The van der Waals surface area contributed by atoms with Gasteiger partial charge in [-0.15, -0.1) is 0 Å². The average molecular weight is 222 g/mol. The summed E-state index contributed by atoms with van der Waals surface area (Å²) in [6.45, 7) is 7.14. The van der Waals surface area contributed by atoms with Crippen molar-refractivity contribution < 1.29 is 0 Å². The minimum Gasteiger partial charge on any atom is -0.373 e. The second-order valence-electron chi connectivity index (χ2n) is 3.98. The SMILES string of the molecule is CCCCCNc1nc(C)nc(NC)c1C. The molecule has 0 unspecified atom stereocenters. The highest BCUT2D eigenvalue weighted by atomic mass is 15.1. The molecule has 0 aliphatic heterocycles. The van der Waals surface area contributed by atoms with Crippen molar-refractivity contribution in [3.8, 4) is 0 Å². The topological polar surface area (TPSA) is 49.8 Å². The van der Waals surface area contributed by atoms with Crippen LogP contribution >= 0.6 is 0 Å². The standard InChI is InChI=1S/C12H22N4/c1-5-6-7-8-14-12-9(2)11(13-4)15-10(3)16-12/h5-8H2,1-4H3,(H2,13,14,15,16). The first-order chi connectivity index (χ1) is 7.69. The lowest BCUT2D eigenvalue weighted by atomic mass is 10.2. The van der Waals surface area contributed by atoms with Gasteiger partial charge in [0.05, 0.1) is 0 Å². The van der Waals surface area contributed by atoms with E-state index < -0.39 is 0 Å². The zero-order chi connectivity index (χ0) is 12.0. The number of nitrogens with zero attached hydrogens (tertiary/aromatic N) is 2. The first kappa shape index (κ1) is 12.7. The van der Waals surface area contributed by atoms with Gasteiger partial charge in [-0.2, -0.15) is 0 Å². The molecule has 1 aromatic heterocycles. The molecule has 0 saturated carbocycles. The summed E-state index contributed by atoms with van der Waals surface area (Å²) in [7, 11) is 1.88. The van der Waals surface area contributed by atoms with Gasteiger partial charge in [-0.3, -0.25) is 0 Å². The van der Waals surface area contributed by atoms with Crippen LogP contribution in [-0.2, 0) is 0 Å². The lowest BCUT2D eigenvalue weighted by Gasteiger charge is -2.12. The van der Waals surface area contributed by atoms with Gasteiger partial charge in [-0.1, -0.05) is 19.8 Å². The van der Waals surface area contributed by atoms with Gasteiger partial charge >= 0.3 is 0 Å². The molecule has 0 fully saturated rings. The van der Waals surface area contributed by atoms with E-state index in [4.69, 9.17) is 0 Å². The van der Waals surface area contributed by atoms with Gasteiger partial charge in [-0.05, 0) is 20.3 Å². The maximum atomic E-state index is 4.42. The quantitative estimate of drug-likeness (QED) is 0.727. The van der Waals surface area contributed by atoms with Crippen LogP contribution in [0, 0.1) is 13.8 Å². The molecule has 1 heterocycles. The Morgan fingerprint density at radius 2 is 1.75 bits per heavy atom.